The first-order valence-corrected chi connectivity index (χ1v) is 14.7. The van der Waals surface area contributed by atoms with E-state index in [1.807, 2.05) is 6.08 Å². The monoisotopic (exact) mass is 436 g/mol. The molecule has 31 heavy (non-hydrogen) atoms. The molecular formula is C30H60O. The number of hydrogen-bond donors (Lipinski definition) is 1. The molecule has 0 aliphatic carbocycles. The molecule has 0 aromatic heterocycles. The van der Waals surface area contributed by atoms with E-state index in [1.54, 1.807) is 0 Å². The first-order valence-electron chi connectivity index (χ1n) is 14.7. The Kier molecular flexibility index (Phi) is 29.1. The molecule has 0 aromatic rings. The molecule has 0 spiro atoms. The molecule has 1 N–H and O–H groups in total. The van der Waals surface area contributed by atoms with Gasteiger partial charge in [0.15, 0.2) is 0 Å². The van der Waals surface area contributed by atoms with Crippen molar-refractivity contribution in [3.63, 3.8) is 0 Å². The van der Waals surface area contributed by atoms with Crippen molar-refractivity contribution in [1.82, 2.24) is 0 Å². The summed E-state index contributed by atoms with van der Waals surface area (Å²) >= 11 is 0. The number of aliphatic hydroxyl groups is 1. The lowest BCUT2D eigenvalue weighted by Gasteiger charge is -2.04. The van der Waals surface area contributed by atoms with Gasteiger partial charge in [-0.3, -0.25) is 0 Å². The Bertz CT molecular complexity index is 322. The first kappa shape index (κ1) is 30.5. The summed E-state index contributed by atoms with van der Waals surface area (Å²) in [6.45, 7) is 2.30. The molecule has 0 atom stereocenters. The van der Waals surface area contributed by atoms with Gasteiger partial charge in [0.2, 0.25) is 0 Å². The van der Waals surface area contributed by atoms with Gasteiger partial charge in [-0.15, -0.1) is 0 Å². The highest BCUT2D eigenvalue weighted by Gasteiger charge is 1.96. The molecule has 0 saturated carbocycles. The van der Waals surface area contributed by atoms with E-state index < -0.39 is 0 Å². The smallest absolute Gasteiger partial charge is 0.0751 e. The Hall–Kier alpha value is -0.460. The summed E-state index contributed by atoms with van der Waals surface area (Å²) in [5.74, 6) is 0. The lowest BCUT2D eigenvalue weighted by Crippen LogP contribution is -1.84. The van der Waals surface area contributed by atoms with Crippen LogP contribution in [0.5, 0.6) is 0 Å². The van der Waals surface area contributed by atoms with Crippen molar-refractivity contribution in [2.75, 3.05) is 0 Å². The summed E-state index contributed by atoms with van der Waals surface area (Å²) in [7, 11) is 0. The van der Waals surface area contributed by atoms with Crippen LogP contribution in [0.25, 0.3) is 0 Å². The van der Waals surface area contributed by atoms with Crippen LogP contribution in [-0.2, 0) is 0 Å². The van der Waals surface area contributed by atoms with Gasteiger partial charge in [0, 0.05) is 0 Å². The van der Waals surface area contributed by atoms with Crippen molar-refractivity contribution in [2.24, 2.45) is 0 Å². The predicted molar refractivity (Wildman–Crippen MR) is 142 cm³/mol. The van der Waals surface area contributed by atoms with Crippen molar-refractivity contribution in [3.8, 4) is 0 Å². The topological polar surface area (TPSA) is 20.2 Å². The minimum absolute atomic E-state index is 1.04. The highest BCUT2D eigenvalue weighted by Crippen LogP contribution is 2.16. The highest BCUT2D eigenvalue weighted by molar-refractivity contribution is 4.70. The van der Waals surface area contributed by atoms with Crippen LogP contribution >= 0.6 is 0 Å². The zero-order chi connectivity index (χ0) is 22.5. The van der Waals surface area contributed by atoms with Crippen molar-refractivity contribution < 1.29 is 5.11 Å². The molecule has 0 aromatic carbocycles. The van der Waals surface area contributed by atoms with Gasteiger partial charge in [0.05, 0.1) is 6.26 Å². The van der Waals surface area contributed by atoms with Crippen LogP contribution in [0.2, 0.25) is 0 Å². The normalized spacial score (nSPS) is 11.6. The van der Waals surface area contributed by atoms with Crippen molar-refractivity contribution in [1.29, 1.82) is 0 Å². The summed E-state index contributed by atoms with van der Waals surface area (Å²) in [5, 5.41) is 8.58. The molecule has 0 bridgehead atoms. The van der Waals surface area contributed by atoms with Crippen LogP contribution < -0.4 is 0 Å². The van der Waals surface area contributed by atoms with E-state index in [1.165, 1.54) is 173 Å². The van der Waals surface area contributed by atoms with E-state index in [-0.39, 0.29) is 0 Å². The molecule has 0 aliphatic heterocycles. The number of unbranched alkanes of at least 4 members (excludes halogenated alkanes) is 26. The summed E-state index contributed by atoms with van der Waals surface area (Å²) in [4.78, 5) is 0. The van der Waals surface area contributed by atoms with Crippen LogP contribution in [0.3, 0.4) is 0 Å². The highest BCUT2D eigenvalue weighted by atomic mass is 16.2. The third-order valence-electron chi connectivity index (χ3n) is 6.83. The Morgan fingerprint density at radius 3 is 0.806 bits per heavy atom. The Morgan fingerprint density at radius 2 is 0.581 bits per heavy atom. The fourth-order valence-electron chi connectivity index (χ4n) is 4.65. The molecule has 0 saturated heterocycles. The Labute approximate surface area is 197 Å². The van der Waals surface area contributed by atoms with E-state index >= 15 is 0 Å². The summed E-state index contributed by atoms with van der Waals surface area (Å²) < 4.78 is 0. The Balaban J connectivity index is 2.99. The molecule has 186 valence electrons. The molecule has 0 heterocycles. The van der Waals surface area contributed by atoms with Crippen molar-refractivity contribution >= 4 is 0 Å². The number of allylic oxidation sites excluding steroid dienone is 1. The second kappa shape index (κ2) is 29.5. The molecule has 0 aliphatic rings. The summed E-state index contributed by atoms with van der Waals surface area (Å²) in [5.41, 5.74) is 0. The van der Waals surface area contributed by atoms with Gasteiger partial charge >= 0.3 is 0 Å². The lowest BCUT2D eigenvalue weighted by atomic mass is 10.0. The zero-order valence-electron chi connectivity index (χ0n) is 21.7. The standard InChI is InChI=1S/C30H60O/c1-2-3-4-5-6-7-8-9-10-11-12-13-14-15-16-17-18-19-20-21-22-23-24-25-26-27-28-29-30-31/h29-31H,2-28H2,1H3/b30-29+. The van der Waals surface area contributed by atoms with Crippen LogP contribution in [0.4, 0.5) is 0 Å². The van der Waals surface area contributed by atoms with Gasteiger partial charge in [-0.05, 0) is 12.8 Å². The maximum absolute atomic E-state index is 8.58. The Morgan fingerprint density at radius 1 is 0.355 bits per heavy atom. The van der Waals surface area contributed by atoms with Crippen LogP contribution in [0.15, 0.2) is 12.3 Å². The minimum atomic E-state index is 1.04. The second-order valence-electron chi connectivity index (χ2n) is 10.0. The number of rotatable bonds is 27. The van der Waals surface area contributed by atoms with Gasteiger partial charge in [0.25, 0.3) is 0 Å². The lowest BCUT2D eigenvalue weighted by molar-refractivity contribution is 0.469. The summed E-state index contributed by atoms with van der Waals surface area (Å²) in [6.07, 6.45) is 41.6. The van der Waals surface area contributed by atoms with Gasteiger partial charge in [-0.25, -0.2) is 0 Å². The summed E-state index contributed by atoms with van der Waals surface area (Å²) in [6, 6.07) is 0. The maximum Gasteiger partial charge on any atom is 0.0751 e. The predicted octanol–water partition coefficient (Wildman–Crippen LogP) is 11.6. The zero-order valence-corrected chi connectivity index (χ0v) is 21.7. The largest absolute Gasteiger partial charge is 0.516 e. The van der Waals surface area contributed by atoms with Gasteiger partial charge in [0.1, 0.15) is 0 Å². The number of hydrogen-bond acceptors (Lipinski definition) is 1. The van der Waals surface area contributed by atoms with Crippen LogP contribution in [0.1, 0.15) is 180 Å². The van der Waals surface area contributed by atoms with Gasteiger partial charge in [-0.1, -0.05) is 174 Å². The maximum atomic E-state index is 8.58. The second-order valence-corrected chi connectivity index (χ2v) is 10.0. The molecule has 1 nitrogen and oxygen atoms in total. The van der Waals surface area contributed by atoms with Crippen molar-refractivity contribution in [2.45, 2.75) is 180 Å². The van der Waals surface area contributed by atoms with E-state index in [2.05, 4.69) is 6.92 Å². The van der Waals surface area contributed by atoms with Crippen molar-refractivity contribution in [3.05, 3.63) is 12.3 Å². The average Bonchev–Trinajstić information content (AvgIpc) is 2.78. The fraction of sp³-hybridized carbons (Fsp3) is 0.933. The molecule has 0 amide bonds. The molecule has 0 unspecified atom stereocenters. The van der Waals surface area contributed by atoms with Gasteiger partial charge < -0.3 is 5.11 Å². The minimum Gasteiger partial charge on any atom is -0.516 e. The number of aliphatic hydroxyl groups excluding tert-OH is 1. The fourth-order valence-corrected chi connectivity index (χ4v) is 4.65. The van der Waals surface area contributed by atoms with E-state index in [0.717, 1.165) is 6.42 Å². The van der Waals surface area contributed by atoms with E-state index in [4.69, 9.17) is 5.11 Å². The SMILES string of the molecule is CCCCCCCCCCCCCCCCCCCCCCCCCCCC/C=C/O. The van der Waals surface area contributed by atoms with E-state index in [9.17, 15) is 0 Å². The average molecular weight is 437 g/mol. The quantitative estimate of drug-likeness (QED) is 0.100. The first-order chi connectivity index (χ1) is 15.4. The van der Waals surface area contributed by atoms with Gasteiger partial charge in [-0.2, -0.15) is 0 Å². The van der Waals surface area contributed by atoms with Crippen LogP contribution in [-0.4, -0.2) is 5.11 Å². The molecule has 0 fully saturated rings. The third kappa shape index (κ3) is 29.5. The molecule has 0 rings (SSSR count). The van der Waals surface area contributed by atoms with E-state index in [0.29, 0.717) is 0 Å². The third-order valence-corrected chi connectivity index (χ3v) is 6.83. The molecule has 1 heteroatoms. The molecular weight excluding hydrogens is 376 g/mol. The molecule has 0 radical (unpaired) electrons. The van der Waals surface area contributed by atoms with Crippen LogP contribution in [0, 0.1) is 0 Å².